The van der Waals surface area contributed by atoms with Crippen molar-refractivity contribution in [1.82, 2.24) is 20.2 Å². The standard InChI is InChI=1S/C24H31FN6O4/c1-17(31(2)24(33)34)22(32)27-12-6-4-5-9-18-16-28-23(29-20-11-7-10-19(25)15-20)30-21(18)26-13-8-14-35-3/h7,10-11,15-17H,4,6,8,12-14H2,1-3H3,(H,27,32)(H,33,34)(H2,26,28,29,30). The van der Waals surface area contributed by atoms with Crippen LogP contribution in [0.1, 0.15) is 31.7 Å². The highest BCUT2D eigenvalue weighted by Crippen LogP contribution is 2.18. The smallest absolute Gasteiger partial charge is 0.407 e. The Balaban J connectivity index is 1.97. The van der Waals surface area contributed by atoms with Gasteiger partial charge in [-0.2, -0.15) is 4.98 Å². The number of anilines is 3. The minimum Gasteiger partial charge on any atom is -0.465 e. The summed E-state index contributed by atoms with van der Waals surface area (Å²) in [6.07, 6.45) is 2.31. The molecule has 1 aromatic heterocycles. The van der Waals surface area contributed by atoms with Gasteiger partial charge in [0.25, 0.3) is 0 Å². The van der Waals surface area contributed by atoms with Crippen LogP contribution in [0.5, 0.6) is 0 Å². The molecule has 0 saturated heterocycles. The van der Waals surface area contributed by atoms with Crippen LogP contribution in [0.25, 0.3) is 0 Å². The summed E-state index contributed by atoms with van der Waals surface area (Å²) in [4.78, 5) is 32.6. The minimum atomic E-state index is -1.16. The molecule has 10 nitrogen and oxygen atoms in total. The van der Waals surface area contributed by atoms with E-state index in [-0.39, 0.29) is 11.7 Å². The second kappa shape index (κ2) is 14.4. The molecule has 1 heterocycles. The van der Waals surface area contributed by atoms with Gasteiger partial charge in [0, 0.05) is 46.0 Å². The lowest BCUT2D eigenvalue weighted by molar-refractivity contribution is -0.124. The number of benzene rings is 1. The van der Waals surface area contributed by atoms with Crippen LogP contribution in [-0.2, 0) is 9.53 Å². The highest BCUT2D eigenvalue weighted by Gasteiger charge is 2.21. The van der Waals surface area contributed by atoms with Crippen LogP contribution in [-0.4, -0.2) is 71.9 Å². The van der Waals surface area contributed by atoms with Gasteiger partial charge in [-0.3, -0.25) is 9.69 Å². The third-order valence-corrected chi connectivity index (χ3v) is 4.95. The molecule has 0 aliphatic carbocycles. The van der Waals surface area contributed by atoms with Gasteiger partial charge in [-0.05, 0) is 38.0 Å². The van der Waals surface area contributed by atoms with E-state index in [1.54, 1.807) is 25.4 Å². The van der Waals surface area contributed by atoms with Crippen molar-refractivity contribution >= 4 is 29.5 Å². The van der Waals surface area contributed by atoms with Crippen LogP contribution in [0.2, 0.25) is 0 Å². The Morgan fingerprint density at radius 3 is 2.80 bits per heavy atom. The lowest BCUT2D eigenvalue weighted by Gasteiger charge is -2.20. The summed E-state index contributed by atoms with van der Waals surface area (Å²) in [6.45, 7) is 3.12. The van der Waals surface area contributed by atoms with Crippen LogP contribution in [0.3, 0.4) is 0 Å². The van der Waals surface area contributed by atoms with Crippen LogP contribution in [0.4, 0.5) is 26.6 Å². The van der Waals surface area contributed by atoms with Crippen molar-refractivity contribution in [2.75, 3.05) is 44.5 Å². The van der Waals surface area contributed by atoms with Gasteiger partial charge in [0.2, 0.25) is 11.9 Å². The predicted octanol–water partition coefficient (Wildman–Crippen LogP) is 3.05. The lowest BCUT2D eigenvalue weighted by atomic mass is 10.2. The number of carbonyl (C=O) groups excluding carboxylic acids is 1. The number of ether oxygens (including phenoxy) is 1. The predicted molar refractivity (Wildman–Crippen MR) is 131 cm³/mol. The molecule has 0 fully saturated rings. The second-order valence-corrected chi connectivity index (χ2v) is 7.63. The van der Waals surface area contributed by atoms with Crippen molar-refractivity contribution in [3.63, 3.8) is 0 Å². The van der Waals surface area contributed by atoms with Gasteiger partial charge < -0.3 is 25.8 Å². The van der Waals surface area contributed by atoms with E-state index in [4.69, 9.17) is 9.84 Å². The molecule has 1 aromatic carbocycles. The fourth-order valence-corrected chi connectivity index (χ4v) is 2.82. The van der Waals surface area contributed by atoms with Gasteiger partial charge in [0.1, 0.15) is 17.7 Å². The molecule has 188 valence electrons. The van der Waals surface area contributed by atoms with Crippen molar-refractivity contribution in [3.05, 3.63) is 41.8 Å². The van der Waals surface area contributed by atoms with Gasteiger partial charge in [0.15, 0.2) is 0 Å². The summed E-state index contributed by atoms with van der Waals surface area (Å²) in [6, 6.07) is 5.23. The summed E-state index contributed by atoms with van der Waals surface area (Å²) in [5, 5.41) is 17.9. The molecule has 0 bridgehead atoms. The number of likely N-dealkylation sites (N-methyl/N-ethyl adjacent to an activating group) is 1. The van der Waals surface area contributed by atoms with E-state index in [0.29, 0.717) is 55.6 Å². The second-order valence-electron chi connectivity index (χ2n) is 7.63. The first kappa shape index (κ1) is 27.3. The Kier molecular flexibility index (Phi) is 11.2. The average Bonchev–Trinajstić information content (AvgIpc) is 2.83. The molecular formula is C24H31FN6O4. The van der Waals surface area contributed by atoms with Crippen molar-refractivity contribution in [1.29, 1.82) is 0 Å². The van der Waals surface area contributed by atoms with Crippen LogP contribution < -0.4 is 16.0 Å². The number of carboxylic acid groups (broad SMARTS) is 1. The number of hydrogen-bond donors (Lipinski definition) is 4. The molecule has 0 aliphatic heterocycles. The zero-order valence-electron chi connectivity index (χ0n) is 20.1. The van der Waals surface area contributed by atoms with Gasteiger partial charge in [0.05, 0.1) is 11.8 Å². The highest BCUT2D eigenvalue weighted by atomic mass is 19.1. The molecule has 2 amide bonds. The number of carbonyl (C=O) groups is 2. The van der Waals surface area contributed by atoms with E-state index in [1.807, 2.05) is 0 Å². The van der Waals surface area contributed by atoms with E-state index in [2.05, 4.69) is 37.8 Å². The fraction of sp³-hybridized carbons (Fsp3) is 0.417. The number of unbranched alkanes of at least 4 members (excludes halogenated alkanes) is 1. The van der Waals surface area contributed by atoms with Crippen LogP contribution in [0, 0.1) is 17.7 Å². The zero-order valence-corrected chi connectivity index (χ0v) is 20.1. The number of nitrogens with one attached hydrogen (secondary N) is 3. The Bertz CT molecular complexity index is 1060. The van der Waals surface area contributed by atoms with Crippen molar-refractivity contribution in [2.24, 2.45) is 0 Å². The first-order valence-corrected chi connectivity index (χ1v) is 11.2. The van der Waals surface area contributed by atoms with Crippen molar-refractivity contribution in [3.8, 4) is 11.8 Å². The third-order valence-electron chi connectivity index (χ3n) is 4.95. The Hall–Kier alpha value is -3.91. The number of hydrogen-bond acceptors (Lipinski definition) is 7. The summed E-state index contributed by atoms with van der Waals surface area (Å²) >= 11 is 0. The molecule has 2 aromatic rings. The van der Waals surface area contributed by atoms with Crippen molar-refractivity contribution in [2.45, 2.75) is 32.2 Å². The number of methoxy groups -OCH3 is 1. The number of amides is 2. The Morgan fingerprint density at radius 1 is 1.29 bits per heavy atom. The molecule has 4 N–H and O–H groups in total. The third kappa shape index (κ3) is 9.46. The summed E-state index contributed by atoms with van der Waals surface area (Å²) < 4.78 is 18.5. The maximum absolute atomic E-state index is 13.5. The monoisotopic (exact) mass is 486 g/mol. The normalized spacial score (nSPS) is 11.1. The quantitative estimate of drug-likeness (QED) is 0.266. The maximum Gasteiger partial charge on any atom is 0.407 e. The van der Waals surface area contributed by atoms with E-state index in [0.717, 1.165) is 11.3 Å². The molecule has 0 aliphatic rings. The van der Waals surface area contributed by atoms with Crippen LogP contribution >= 0.6 is 0 Å². The number of aromatic nitrogens is 2. The summed E-state index contributed by atoms with van der Waals surface area (Å²) in [5.41, 5.74) is 1.13. The van der Waals surface area contributed by atoms with Gasteiger partial charge >= 0.3 is 6.09 Å². The Labute approximate surface area is 204 Å². The molecule has 0 radical (unpaired) electrons. The number of halogens is 1. The lowest BCUT2D eigenvalue weighted by Crippen LogP contribution is -2.45. The van der Waals surface area contributed by atoms with Gasteiger partial charge in [-0.1, -0.05) is 17.9 Å². The molecule has 2 rings (SSSR count). The minimum absolute atomic E-state index is 0.304. The van der Waals surface area contributed by atoms with Crippen molar-refractivity contribution < 1.29 is 23.8 Å². The SMILES string of the molecule is COCCCNc1nc(Nc2cccc(F)c2)ncc1C#CCCCNC(=O)C(C)N(C)C(=O)O. The van der Waals surface area contributed by atoms with E-state index >= 15 is 0 Å². The molecular weight excluding hydrogens is 455 g/mol. The first-order valence-electron chi connectivity index (χ1n) is 11.2. The van der Waals surface area contributed by atoms with E-state index in [1.165, 1.54) is 26.1 Å². The summed E-state index contributed by atoms with van der Waals surface area (Å²) in [7, 11) is 2.98. The maximum atomic E-state index is 13.5. The van der Waals surface area contributed by atoms with Gasteiger partial charge in [-0.15, -0.1) is 0 Å². The first-order chi connectivity index (χ1) is 16.8. The molecule has 35 heavy (non-hydrogen) atoms. The van der Waals surface area contributed by atoms with E-state index in [9.17, 15) is 14.0 Å². The molecule has 0 spiro atoms. The Morgan fingerprint density at radius 2 is 2.09 bits per heavy atom. The fourth-order valence-electron chi connectivity index (χ4n) is 2.82. The molecule has 0 saturated carbocycles. The zero-order chi connectivity index (χ0) is 25.6. The molecule has 1 unspecified atom stereocenters. The largest absolute Gasteiger partial charge is 0.465 e. The van der Waals surface area contributed by atoms with E-state index < -0.39 is 12.1 Å². The summed E-state index contributed by atoms with van der Waals surface area (Å²) in [5.74, 6) is 6.21. The number of nitrogens with zero attached hydrogens (tertiary/aromatic N) is 3. The topological polar surface area (TPSA) is 129 Å². The number of rotatable bonds is 12. The highest BCUT2D eigenvalue weighted by molar-refractivity contribution is 5.84. The van der Waals surface area contributed by atoms with Gasteiger partial charge in [-0.25, -0.2) is 14.2 Å². The van der Waals surface area contributed by atoms with Crippen LogP contribution in [0.15, 0.2) is 30.5 Å². The average molecular weight is 487 g/mol. The molecule has 1 atom stereocenters. The molecule has 11 heteroatoms.